The van der Waals surface area contributed by atoms with Gasteiger partial charge in [0.15, 0.2) is 0 Å². The van der Waals surface area contributed by atoms with Gasteiger partial charge in [0.25, 0.3) is 17.3 Å². The van der Waals surface area contributed by atoms with Crippen molar-refractivity contribution in [3.05, 3.63) is 79.9 Å². The Morgan fingerprint density at radius 2 is 1.54 bits per heavy atom. The minimum Gasteiger partial charge on any atom is -0.480 e. The van der Waals surface area contributed by atoms with Crippen molar-refractivity contribution >= 4 is 23.3 Å². The maximum absolute atomic E-state index is 12.1. The van der Waals surface area contributed by atoms with Gasteiger partial charge in [-0.15, -0.1) is 0 Å². The van der Waals surface area contributed by atoms with Gasteiger partial charge in [0.1, 0.15) is 6.04 Å². The van der Waals surface area contributed by atoms with Gasteiger partial charge in [0.2, 0.25) is 0 Å². The van der Waals surface area contributed by atoms with E-state index in [4.69, 9.17) is 0 Å². The molecule has 2 rings (SSSR count). The summed E-state index contributed by atoms with van der Waals surface area (Å²) in [6, 6.07) is 9.33. The highest BCUT2D eigenvalue weighted by Gasteiger charge is 2.24. The Hall–Kier alpha value is -3.82. The summed E-state index contributed by atoms with van der Waals surface area (Å²) >= 11 is 0. The molecule has 0 unspecified atom stereocenters. The topological polar surface area (TPSA) is 153 Å². The summed E-state index contributed by atoms with van der Waals surface area (Å²) in [6.45, 7) is 0. The molecule has 0 saturated heterocycles. The number of hydrogen-bond donors (Lipinski definition) is 2. The molecule has 0 aromatic heterocycles. The van der Waals surface area contributed by atoms with Gasteiger partial charge < -0.3 is 10.4 Å². The molecule has 0 aliphatic heterocycles. The Labute approximate surface area is 146 Å². The Bertz CT molecular complexity index is 835. The molecule has 0 spiro atoms. The highest BCUT2D eigenvalue weighted by Crippen LogP contribution is 2.23. The lowest BCUT2D eigenvalue weighted by Crippen LogP contribution is -2.42. The molecule has 1 amide bonds. The molecule has 0 aliphatic rings. The van der Waals surface area contributed by atoms with E-state index in [1.807, 2.05) is 0 Å². The Balaban J connectivity index is 2.27. The minimum atomic E-state index is -1.41. The highest BCUT2D eigenvalue weighted by molar-refractivity contribution is 5.96. The van der Waals surface area contributed by atoms with Crippen LogP contribution in [0.25, 0.3) is 0 Å². The Morgan fingerprint density at radius 1 is 1.00 bits per heavy atom. The van der Waals surface area contributed by atoms with E-state index in [1.54, 1.807) is 18.2 Å². The number of rotatable bonds is 7. The summed E-state index contributed by atoms with van der Waals surface area (Å²) in [5, 5.41) is 33.4. The van der Waals surface area contributed by atoms with Gasteiger partial charge in [-0.1, -0.05) is 18.2 Å². The number of hydrogen-bond acceptors (Lipinski definition) is 6. The Kier molecular flexibility index (Phi) is 5.58. The van der Waals surface area contributed by atoms with Crippen LogP contribution in [0.3, 0.4) is 0 Å². The number of non-ortho nitro benzene ring substituents is 2. The molecule has 2 aromatic rings. The second-order valence-electron chi connectivity index (χ2n) is 5.31. The fraction of sp³-hybridized carbons (Fsp3) is 0.125. The molecule has 26 heavy (non-hydrogen) atoms. The molecular formula is C16H13N3O7. The first-order valence-corrected chi connectivity index (χ1v) is 7.29. The number of benzene rings is 2. The van der Waals surface area contributed by atoms with Crippen LogP contribution in [0, 0.1) is 20.2 Å². The third-order valence-corrected chi connectivity index (χ3v) is 3.46. The van der Waals surface area contributed by atoms with E-state index in [9.17, 15) is 34.9 Å². The number of nitro groups is 2. The number of carbonyl (C=O) groups is 2. The van der Waals surface area contributed by atoms with E-state index in [0.29, 0.717) is 0 Å². The van der Waals surface area contributed by atoms with Gasteiger partial charge in [-0.3, -0.25) is 25.0 Å². The molecule has 0 heterocycles. The molecule has 0 radical (unpaired) electrons. The molecular weight excluding hydrogens is 346 g/mol. The molecule has 2 N–H and O–H groups in total. The van der Waals surface area contributed by atoms with Crippen LogP contribution < -0.4 is 5.32 Å². The van der Waals surface area contributed by atoms with Gasteiger partial charge in [0, 0.05) is 24.1 Å². The number of nitrogens with zero attached hydrogens (tertiary/aromatic N) is 2. The molecule has 0 aliphatic carbocycles. The van der Waals surface area contributed by atoms with Crippen LogP contribution in [0.1, 0.15) is 15.9 Å². The van der Waals surface area contributed by atoms with Crippen LogP contribution in [0.5, 0.6) is 0 Å². The first kappa shape index (κ1) is 18.5. The minimum absolute atomic E-state index is 0.0478. The average molecular weight is 359 g/mol. The summed E-state index contributed by atoms with van der Waals surface area (Å²) in [5.41, 5.74) is -0.782. The average Bonchev–Trinajstić information content (AvgIpc) is 2.61. The van der Waals surface area contributed by atoms with Gasteiger partial charge in [-0.25, -0.2) is 4.79 Å². The molecule has 0 saturated carbocycles. The van der Waals surface area contributed by atoms with Crippen molar-refractivity contribution in [1.29, 1.82) is 0 Å². The number of nitro benzene ring substituents is 2. The van der Waals surface area contributed by atoms with Gasteiger partial charge >= 0.3 is 5.97 Å². The Morgan fingerprint density at radius 3 is 2.00 bits per heavy atom. The summed E-state index contributed by atoms with van der Waals surface area (Å²) < 4.78 is 0. The third kappa shape index (κ3) is 4.60. The molecule has 10 heteroatoms. The number of carboxylic acid groups (broad SMARTS) is 1. The van der Waals surface area contributed by atoms with Crippen molar-refractivity contribution in [1.82, 2.24) is 5.32 Å². The van der Waals surface area contributed by atoms with E-state index in [-0.39, 0.29) is 17.5 Å². The summed E-state index contributed by atoms with van der Waals surface area (Å²) in [5.74, 6) is -2.01. The second-order valence-corrected chi connectivity index (χ2v) is 5.31. The largest absolute Gasteiger partial charge is 0.480 e. The van der Waals surface area contributed by atoms with Crippen LogP contribution in [0.15, 0.2) is 48.5 Å². The monoisotopic (exact) mass is 359 g/mol. The van der Waals surface area contributed by atoms with E-state index >= 15 is 0 Å². The zero-order chi connectivity index (χ0) is 19.3. The van der Waals surface area contributed by atoms with Gasteiger partial charge in [-0.05, 0) is 17.7 Å². The van der Waals surface area contributed by atoms with Crippen molar-refractivity contribution in [2.24, 2.45) is 0 Å². The van der Waals surface area contributed by atoms with Crippen LogP contribution in [0.4, 0.5) is 11.4 Å². The lowest BCUT2D eigenvalue weighted by molar-refractivity contribution is -0.394. The predicted molar refractivity (Wildman–Crippen MR) is 88.8 cm³/mol. The fourth-order valence-corrected chi connectivity index (χ4v) is 2.25. The number of nitrogens with one attached hydrogen (secondary N) is 1. The normalized spacial score (nSPS) is 11.4. The second kappa shape index (κ2) is 7.83. The summed E-state index contributed by atoms with van der Waals surface area (Å²) in [4.78, 5) is 43.7. The van der Waals surface area contributed by atoms with Gasteiger partial charge in [-0.2, -0.15) is 0 Å². The molecule has 10 nitrogen and oxygen atoms in total. The highest BCUT2D eigenvalue weighted by atomic mass is 16.6. The zero-order valence-electron chi connectivity index (χ0n) is 13.2. The standard InChI is InChI=1S/C16H13N3O7/c20-15(11-4-2-1-3-5-11)17-14(16(21)22)8-10-6-12(18(23)24)9-13(7-10)19(25)26/h1-7,9,14H,8H2,(H,17,20)(H,21,22)/t14-/m1/s1. The first-order chi connectivity index (χ1) is 12.3. The maximum atomic E-state index is 12.1. The van der Waals surface area contributed by atoms with Crippen LogP contribution in [-0.4, -0.2) is 32.9 Å². The van der Waals surface area contributed by atoms with Gasteiger partial charge in [0.05, 0.1) is 15.9 Å². The molecule has 134 valence electrons. The van der Waals surface area contributed by atoms with E-state index in [2.05, 4.69) is 5.32 Å². The maximum Gasteiger partial charge on any atom is 0.326 e. The molecule has 0 fully saturated rings. The predicted octanol–water partition coefficient (Wildman–Crippen LogP) is 1.93. The fourth-order valence-electron chi connectivity index (χ4n) is 2.25. The van der Waals surface area contributed by atoms with Crippen molar-refractivity contribution in [3.8, 4) is 0 Å². The molecule has 0 bridgehead atoms. The van der Waals surface area contributed by atoms with E-state index in [0.717, 1.165) is 18.2 Å². The van der Waals surface area contributed by atoms with Crippen molar-refractivity contribution < 1.29 is 24.5 Å². The first-order valence-electron chi connectivity index (χ1n) is 7.29. The molecule has 2 aromatic carbocycles. The summed E-state index contributed by atoms with van der Waals surface area (Å²) in [6.07, 6.45) is -0.351. The van der Waals surface area contributed by atoms with Crippen LogP contribution in [-0.2, 0) is 11.2 Å². The van der Waals surface area contributed by atoms with Crippen LogP contribution >= 0.6 is 0 Å². The van der Waals surface area contributed by atoms with Crippen molar-refractivity contribution in [2.45, 2.75) is 12.5 Å². The lowest BCUT2D eigenvalue weighted by atomic mass is 10.0. The number of carbonyl (C=O) groups excluding carboxylic acids is 1. The number of carboxylic acids is 1. The third-order valence-electron chi connectivity index (χ3n) is 3.46. The smallest absolute Gasteiger partial charge is 0.326 e. The number of aliphatic carboxylic acids is 1. The number of amides is 1. The molecule has 1 atom stereocenters. The zero-order valence-corrected chi connectivity index (χ0v) is 13.2. The van der Waals surface area contributed by atoms with E-state index in [1.165, 1.54) is 12.1 Å². The summed E-state index contributed by atoms with van der Waals surface area (Å²) in [7, 11) is 0. The SMILES string of the molecule is O=C(N[C@H](Cc1cc([N+](=O)[O-])cc([N+](=O)[O-])c1)C(=O)O)c1ccccc1. The lowest BCUT2D eigenvalue weighted by Gasteiger charge is -2.14. The van der Waals surface area contributed by atoms with Crippen molar-refractivity contribution in [3.63, 3.8) is 0 Å². The van der Waals surface area contributed by atoms with Crippen molar-refractivity contribution in [2.75, 3.05) is 0 Å². The van der Waals surface area contributed by atoms with Crippen LogP contribution in [0.2, 0.25) is 0 Å². The quantitative estimate of drug-likeness (QED) is 0.565. The van der Waals surface area contributed by atoms with E-state index < -0.39 is 39.1 Å².